The van der Waals surface area contributed by atoms with E-state index in [0.29, 0.717) is 11.1 Å². The van der Waals surface area contributed by atoms with Crippen LogP contribution in [0.3, 0.4) is 0 Å². The molecule has 0 aliphatic carbocycles. The van der Waals surface area contributed by atoms with Crippen molar-refractivity contribution in [2.45, 2.75) is 0 Å². The van der Waals surface area contributed by atoms with Gasteiger partial charge in [0.25, 0.3) is 0 Å². The summed E-state index contributed by atoms with van der Waals surface area (Å²) >= 11 is 0. The molecule has 0 bridgehead atoms. The summed E-state index contributed by atoms with van der Waals surface area (Å²) in [6, 6.07) is 65.0. The average molecular weight is 688 g/mol. The SMILES string of the molecule is N#Cc1ccc(-c2cccc(-c3cc(-c4ccc5c(c4)c4ccccc4n5-c4ccccc4)cc(-n4c5ccccc5c5cc(C#N)ccc54)c3)n2)cc1. The lowest BCUT2D eigenvalue weighted by atomic mass is 9.98. The Morgan fingerprint density at radius 2 is 0.889 bits per heavy atom. The molecule has 54 heavy (non-hydrogen) atoms. The lowest BCUT2D eigenvalue weighted by molar-refractivity contribution is 1.18. The van der Waals surface area contributed by atoms with Gasteiger partial charge < -0.3 is 9.13 Å². The first kappa shape index (κ1) is 31.0. The molecule has 5 nitrogen and oxygen atoms in total. The Labute approximate surface area is 311 Å². The number of rotatable bonds is 5. The number of aromatic nitrogens is 3. The summed E-state index contributed by atoms with van der Waals surface area (Å²) in [5, 5.41) is 23.6. The van der Waals surface area contributed by atoms with Crippen LogP contribution in [-0.2, 0) is 0 Å². The van der Waals surface area contributed by atoms with Gasteiger partial charge in [0.05, 0.1) is 56.7 Å². The summed E-state index contributed by atoms with van der Waals surface area (Å²) < 4.78 is 4.63. The Kier molecular flexibility index (Phi) is 7.18. The normalized spacial score (nSPS) is 11.3. The molecule has 0 fully saturated rings. The number of pyridine rings is 1. The lowest BCUT2D eigenvalue weighted by Gasteiger charge is -2.14. The van der Waals surface area contributed by atoms with Crippen molar-refractivity contribution in [3.63, 3.8) is 0 Å². The van der Waals surface area contributed by atoms with Crippen molar-refractivity contribution in [1.82, 2.24) is 14.1 Å². The number of hydrogen-bond donors (Lipinski definition) is 0. The maximum Gasteiger partial charge on any atom is 0.0991 e. The van der Waals surface area contributed by atoms with Crippen molar-refractivity contribution in [1.29, 1.82) is 10.5 Å². The lowest BCUT2D eigenvalue weighted by Crippen LogP contribution is -1.97. The molecule has 0 amide bonds. The second kappa shape index (κ2) is 12.5. The van der Waals surface area contributed by atoms with Crippen LogP contribution in [0.5, 0.6) is 0 Å². The zero-order valence-electron chi connectivity index (χ0n) is 29.0. The first-order chi connectivity index (χ1) is 26.7. The van der Waals surface area contributed by atoms with Crippen LogP contribution in [0.4, 0.5) is 0 Å². The van der Waals surface area contributed by atoms with E-state index < -0.39 is 0 Å². The number of fused-ring (bicyclic) bond motifs is 6. The van der Waals surface area contributed by atoms with Gasteiger partial charge in [-0.05, 0) is 108 Å². The fraction of sp³-hybridized carbons (Fsp3) is 0. The number of para-hydroxylation sites is 3. The molecule has 0 saturated carbocycles. The Bertz CT molecular complexity index is 3170. The van der Waals surface area contributed by atoms with Crippen LogP contribution in [-0.4, -0.2) is 14.1 Å². The van der Waals surface area contributed by atoms with E-state index in [-0.39, 0.29) is 0 Å². The maximum absolute atomic E-state index is 9.78. The highest BCUT2D eigenvalue weighted by Crippen LogP contribution is 2.39. The van der Waals surface area contributed by atoms with Gasteiger partial charge in [0.15, 0.2) is 0 Å². The number of nitriles is 2. The van der Waals surface area contributed by atoms with E-state index in [1.807, 2.05) is 54.6 Å². The highest BCUT2D eigenvalue weighted by atomic mass is 15.0. The van der Waals surface area contributed by atoms with Crippen molar-refractivity contribution in [2.24, 2.45) is 0 Å². The summed E-state index contributed by atoms with van der Waals surface area (Å²) in [6.45, 7) is 0. The van der Waals surface area contributed by atoms with Crippen molar-refractivity contribution in [2.75, 3.05) is 0 Å². The molecule has 0 N–H and O–H groups in total. The van der Waals surface area contributed by atoms with Crippen molar-refractivity contribution >= 4 is 43.6 Å². The van der Waals surface area contributed by atoms with E-state index in [1.54, 1.807) is 0 Å². The number of benzene rings is 7. The first-order valence-corrected chi connectivity index (χ1v) is 17.8. The van der Waals surface area contributed by atoms with Gasteiger partial charge in [-0.25, -0.2) is 4.98 Å². The van der Waals surface area contributed by atoms with Gasteiger partial charge in [-0.3, -0.25) is 0 Å². The molecule has 3 heterocycles. The third-order valence-corrected chi connectivity index (χ3v) is 10.4. The molecule has 0 unspecified atom stereocenters. The summed E-state index contributed by atoms with van der Waals surface area (Å²) in [5.74, 6) is 0. The molecule has 0 saturated heterocycles. The van der Waals surface area contributed by atoms with Crippen LogP contribution in [0.1, 0.15) is 11.1 Å². The zero-order valence-corrected chi connectivity index (χ0v) is 29.0. The standard InChI is InChI=1S/C49H29N5/c50-30-32-17-20-34(21-18-32)44-13-8-14-45(52-44)37-26-36(27-39(28-37)54-47-16-7-4-11-40(47)42-25-33(31-51)19-23-48(42)54)35-22-24-49-43(29-35)41-12-5-6-15-46(41)53(49)38-9-2-1-3-10-38/h1-29H. The molecule has 0 radical (unpaired) electrons. The predicted octanol–water partition coefficient (Wildman–Crippen LogP) is 12.0. The monoisotopic (exact) mass is 687 g/mol. The van der Waals surface area contributed by atoms with Crippen molar-refractivity contribution in [3.8, 4) is 57.2 Å². The van der Waals surface area contributed by atoms with E-state index in [1.165, 1.54) is 10.8 Å². The molecule has 5 heteroatoms. The zero-order chi connectivity index (χ0) is 36.2. The molecule has 10 rings (SSSR count). The third kappa shape index (κ3) is 5.04. The summed E-state index contributed by atoms with van der Waals surface area (Å²) in [7, 11) is 0. The van der Waals surface area contributed by atoms with E-state index in [4.69, 9.17) is 4.98 Å². The van der Waals surface area contributed by atoms with Crippen LogP contribution >= 0.6 is 0 Å². The van der Waals surface area contributed by atoms with Crippen LogP contribution in [0.25, 0.3) is 88.6 Å². The molecule has 10 aromatic rings. The minimum absolute atomic E-state index is 0.615. The summed E-state index contributed by atoms with van der Waals surface area (Å²) in [5.41, 5.74) is 13.5. The molecule has 0 spiro atoms. The summed E-state index contributed by atoms with van der Waals surface area (Å²) in [4.78, 5) is 5.17. The van der Waals surface area contributed by atoms with E-state index in [0.717, 1.165) is 77.9 Å². The maximum atomic E-state index is 9.78. The molecule has 7 aromatic carbocycles. The largest absolute Gasteiger partial charge is 0.309 e. The van der Waals surface area contributed by atoms with Gasteiger partial charge in [0.2, 0.25) is 0 Å². The quantitative estimate of drug-likeness (QED) is 0.181. The second-order valence-electron chi connectivity index (χ2n) is 13.5. The van der Waals surface area contributed by atoms with Crippen LogP contribution in [0.2, 0.25) is 0 Å². The molecule has 0 aliphatic rings. The predicted molar refractivity (Wildman–Crippen MR) is 219 cm³/mol. The molecular weight excluding hydrogens is 659 g/mol. The fourth-order valence-corrected chi connectivity index (χ4v) is 7.85. The number of nitrogens with zero attached hydrogens (tertiary/aromatic N) is 5. The number of hydrogen-bond acceptors (Lipinski definition) is 3. The molecular formula is C49H29N5. The Morgan fingerprint density at radius 1 is 0.352 bits per heavy atom. The van der Waals surface area contributed by atoms with Crippen LogP contribution in [0, 0.1) is 22.7 Å². The Morgan fingerprint density at radius 3 is 1.59 bits per heavy atom. The van der Waals surface area contributed by atoms with Gasteiger partial charge in [0, 0.05) is 44.0 Å². The second-order valence-corrected chi connectivity index (χ2v) is 13.5. The first-order valence-electron chi connectivity index (χ1n) is 17.8. The average Bonchev–Trinajstić information content (AvgIpc) is 3.76. The van der Waals surface area contributed by atoms with Crippen LogP contribution in [0.15, 0.2) is 176 Å². The van der Waals surface area contributed by atoms with Gasteiger partial charge in [-0.2, -0.15) is 10.5 Å². The van der Waals surface area contributed by atoms with Gasteiger partial charge in [0.1, 0.15) is 0 Å². The van der Waals surface area contributed by atoms with E-state index >= 15 is 0 Å². The summed E-state index contributed by atoms with van der Waals surface area (Å²) in [6.07, 6.45) is 0. The van der Waals surface area contributed by atoms with E-state index in [9.17, 15) is 10.5 Å². The van der Waals surface area contributed by atoms with Gasteiger partial charge in [-0.1, -0.05) is 78.9 Å². The minimum atomic E-state index is 0.615. The molecule has 0 aliphatic heterocycles. The van der Waals surface area contributed by atoms with Gasteiger partial charge in [-0.15, -0.1) is 0 Å². The third-order valence-electron chi connectivity index (χ3n) is 10.4. The minimum Gasteiger partial charge on any atom is -0.309 e. The van der Waals surface area contributed by atoms with E-state index in [2.05, 4.69) is 143 Å². The Balaban J connectivity index is 1.22. The van der Waals surface area contributed by atoms with Crippen molar-refractivity contribution in [3.05, 3.63) is 187 Å². The fourth-order valence-electron chi connectivity index (χ4n) is 7.85. The highest BCUT2D eigenvalue weighted by molar-refractivity contribution is 6.11. The molecule has 250 valence electrons. The smallest absolute Gasteiger partial charge is 0.0991 e. The molecule has 3 aromatic heterocycles. The van der Waals surface area contributed by atoms with Gasteiger partial charge >= 0.3 is 0 Å². The topological polar surface area (TPSA) is 70.3 Å². The van der Waals surface area contributed by atoms with Crippen LogP contribution < -0.4 is 0 Å². The Hall–Kier alpha value is -7.73. The highest BCUT2D eigenvalue weighted by Gasteiger charge is 2.18. The van der Waals surface area contributed by atoms with Crippen molar-refractivity contribution < 1.29 is 0 Å². The molecule has 0 atom stereocenters.